The molecule has 0 fully saturated rings. The molecule has 0 radical (unpaired) electrons. The number of aliphatic imine (C=N–C) groups is 1. The molecule has 148 valence electrons. The lowest BCUT2D eigenvalue weighted by Crippen LogP contribution is -2.38. The van der Waals surface area contributed by atoms with E-state index in [1.807, 2.05) is 49.0 Å². The Morgan fingerprint density at radius 2 is 2.00 bits per heavy atom. The van der Waals surface area contributed by atoms with Crippen LogP contribution in [0.5, 0.6) is 5.75 Å². The summed E-state index contributed by atoms with van der Waals surface area (Å²) in [6.45, 7) is 4.03. The number of hydrogen-bond donors (Lipinski definition) is 3. The topological polar surface area (TPSA) is 107 Å². The van der Waals surface area contributed by atoms with Gasteiger partial charge >= 0.3 is 0 Å². The normalized spacial score (nSPS) is 10.8. The molecule has 1 amide bonds. The fourth-order valence-electron chi connectivity index (χ4n) is 2.29. The Bertz CT molecular complexity index is 730. The monoisotopic (exact) mass is 486 g/mol. The smallest absolute Gasteiger partial charge is 0.255 e. The van der Waals surface area contributed by atoms with Crippen molar-refractivity contribution in [2.24, 2.45) is 17.8 Å². The molecule has 2 aromatic rings. The molecule has 0 saturated carbocycles. The molecule has 0 bridgehead atoms. The standard InChI is InChI=1S/C18H26N6O2.HI/c1-3-20-18(22-12-15-9-11-23-24(15)2)21-10-8-14-4-6-16(7-5-14)26-13-17(19)25;/h4-7,9,11H,3,8,10,12-13H2,1-2H3,(H2,19,25)(H2,20,21,22);1H. The van der Waals surface area contributed by atoms with E-state index in [4.69, 9.17) is 10.5 Å². The van der Waals surface area contributed by atoms with Crippen LogP contribution in [0.3, 0.4) is 0 Å². The van der Waals surface area contributed by atoms with E-state index in [2.05, 4.69) is 20.7 Å². The first kappa shape index (κ1) is 22.7. The molecule has 9 heteroatoms. The van der Waals surface area contributed by atoms with Gasteiger partial charge in [0.05, 0.1) is 12.2 Å². The number of rotatable bonds is 9. The number of carbonyl (C=O) groups is 1. The lowest BCUT2D eigenvalue weighted by Gasteiger charge is -2.11. The average molecular weight is 486 g/mol. The fraction of sp³-hybridized carbons (Fsp3) is 0.389. The molecule has 0 atom stereocenters. The predicted octanol–water partition coefficient (Wildman–Crippen LogP) is 1.20. The van der Waals surface area contributed by atoms with Crippen LogP contribution in [0.15, 0.2) is 41.5 Å². The second-order valence-electron chi connectivity index (χ2n) is 5.72. The van der Waals surface area contributed by atoms with Gasteiger partial charge in [-0.3, -0.25) is 9.48 Å². The van der Waals surface area contributed by atoms with Crippen LogP contribution in [0, 0.1) is 0 Å². The zero-order chi connectivity index (χ0) is 18.8. The molecule has 1 aromatic heterocycles. The Morgan fingerprint density at radius 3 is 2.59 bits per heavy atom. The molecule has 0 aliphatic heterocycles. The summed E-state index contributed by atoms with van der Waals surface area (Å²) in [5, 5.41) is 10.7. The second-order valence-corrected chi connectivity index (χ2v) is 5.72. The van der Waals surface area contributed by atoms with E-state index in [1.165, 1.54) is 0 Å². The van der Waals surface area contributed by atoms with Crippen molar-refractivity contribution in [1.29, 1.82) is 0 Å². The maximum absolute atomic E-state index is 10.7. The fourth-order valence-corrected chi connectivity index (χ4v) is 2.29. The van der Waals surface area contributed by atoms with E-state index in [0.29, 0.717) is 12.3 Å². The van der Waals surface area contributed by atoms with E-state index in [0.717, 1.165) is 36.7 Å². The molecule has 4 N–H and O–H groups in total. The minimum absolute atomic E-state index is 0. The Morgan fingerprint density at radius 1 is 1.26 bits per heavy atom. The van der Waals surface area contributed by atoms with E-state index in [9.17, 15) is 4.79 Å². The largest absolute Gasteiger partial charge is 0.484 e. The van der Waals surface area contributed by atoms with Crippen molar-refractivity contribution in [3.8, 4) is 5.75 Å². The van der Waals surface area contributed by atoms with Gasteiger partial charge in [0.25, 0.3) is 5.91 Å². The molecule has 0 unspecified atom stereocenters. The average Bonchev–Trinajstić information content (AvgIpc) is 3.04. The number of carbonyl (C=O) groups excluding carboxylic acids is 1. The van der Waals surface area contributed by atoms with Crippen molar-refractivity contribution in [2.45, 2.75) is 19.9 Å². The van der Waals surface area contributed by atoms with Crippen molar-refractivity contribution in [1.82, 2.24) is 20.4 Å². The van der Waals surface area contributed by atoms with Crippen molar-refractivity contribution in [2.75, 3.05) is 19.7 Å². The summed E-state index contributed by atoms with van der Waals surface area (Å²) in [4.78, 5) is 15.3. The van der Waals surface area contributed by atoms with E-state index >= 15 is 0 Å². The number of nitrogens with zero attached hydrogens (tertiary/aromatic N) is 3. The number of halogens is 1. The first-order valence-corrected chi connectivity index (χ1v) is 8.57. The first-order chi connectivity index (χ1) is 12.6. The number of amides is 1. The Labute approximate surface area is 176 Å². The first-order valence-electron chi connectivity index (χ1n) is 8.57. The third-order valence-corrected chi connectivity index (χ3v) is 3.68. The van der Waals surface area contributed by atoms with E-state index < -0.39 is 5.91 Å². The van der Waals surface area contributed by atoms with Gasteiger partial charge in [-0.2, -0.15) is 5.10 Å². The minimum Gasteiger partial charge on any atom is -0.484 e. The summed E-state index contributed by atoms with van der Waals surface area (Å²) < 4.78 is 7.06. The summed E-state index contributed by atoms with van der Waals surface area (Å²) in [6, 6.07) is 9.56. The number of nitrogens with two attached hydrogens (primary N) is 1. The summed E-state index contributed by atoms with van der Waals surface area (Å²) in [6.07, 6.45) is 2.61. The van der Waals surface area contributed by atoms with Crippen LogP contribution in [0.2, 0.25) is 0 Å². The maximum atomic E-state index is 10.7. The number of hydrogen-bond acceptors (Lipinski definition) is 4. The highest BCUT2D eigenvalue weighted by Crippen LogP contribution is 2.12. The lowest BCUT2D eigenvalue weighted by atomic mass is 10.1. The predicted molar refractivity (Wildman–Crippen MR) is 116 cm³/mol. The highest BCUT2D eigenvalue weighted by molar-refractivity contribution is 14.0. The number of aromatic nitrogens is 2. The van der Waals surface area contributed by atoms with Crippen molar-refractivity contribution in [3.63, 3.8) is 0 Å². The third-order valence-electron chi connectivity index (χ3n) is 3.68. The van der Waals surface area contributed by atoms with Gasteiger partial charge in [0.15, 0.2) is 12.6 Å². The molecule has 0 spiro atoms. The van der Waals surface area contributed by atoms with Gasteiger partial charge in [0.2, 0.25) is 0 Å². The van der Waals surface area contributed by atoms with E-state index in [-0.39, 0.29) is 30.6 Å². The van der Waals surface area contributed by atoms with Crippen LogP contribution in [-0.2, 0) is 24.8 Å². The molecule has 1 heterocycles. The second kappa shape index (κ2) is 12.2. The van der Waals surface area contributed by atoms with Crippen LogP contribution in [0.25, 0.3) is 0 Å². The van der Waals surface area contributed by atoms with Gasteiger partial charge in [-0.1, -0.05) is 12.1 Å². The van der Waals surface area contributed by atoms with Crippen LogP contribution >= 0.6 is 24.0 Å². The molecule has 27 heavy (non-hydrogen) atoms. The van der Waals surface area contributed by atoms with Gasteiger partial charge in [0.1, 0.15) is 5.75 Å². The van der Waals surface area contributed by atoms with Gasteiger partial charge in [-0.25, -0.2) is 4.99 Å². The minimum atomic E-state index is -0.486. The van der Waals surface area contributed by atoms with Crippen LogP contribution in [-0.4, -0.2) is 41.3 Å². The molecular formula is C18H27IN6O2. The molecule has 0 aliphatic rings. The molecule has 0 aliphatic carbocycles. The SMILES string of the molecule is CCNC(=NCc1ccnn1C)NCCc1ccc(OCC(N)=O)cc1.I. The van der Waals surface area contributed by atoms with Gasteiger partial charge in [0, 0.05) is 26.3 Å². The van der Waals surface area contributed by atoms with Crippen LogP contribution in [0.4, 0.5) is 0 Å². The highest BCUT2D eigenvalue weighted by atomic mass is 127. The summed E-state index contributed by atoms with van der Waals surface area (Å²) >= 11 is 0. The molecular weight excluding hydrogens is 459 g/mol. The zero-order valence-electron chi connectivity index (χ0n) is 15.6. The summed E-state index contributed by atoms with van der Waals surface area (Å²) in [5.74, 6) is 0.918. The number of benzene rings is 1. The Kier molecular flexibility index (Phi) is 10.2. The van der Waals surface area contributed by atoms with Crippen LogP contribution in [0.1, 0.15) is 18.2 Å². The summed E-state index contributed by atoms with van der Waals surface area (Å²) in [5.41, 5.74) is 7.27. The van der Waals surface area contributed by atoms with Gasteiger partial charge < -0.3 is 21.1 Å². The number of ether oxygens (including phenoxy) is 1. The zero-order valence-corrected chi connectivity index (χ0v) is 18.0. The van der Waals surface area contributed by atoms with Crippen molar-refractivity contribution < 1.29 is 9.53 Å². The number of aryl methyl sites for hydroxylation is 1. The molecule has 8 nitrogen and oxygen atoms in total. The molecule has 1 aromatic carbocycles. The number of nitrogens with one attached hydrogen (secondary N) is 2. The summed E-state index contributed by atoms with van der Waals surface area (Å²) in [7, 11) is 1.90. The highest BCUT2D eigenvalue weighted by Gasteiger charge is 2.02. The van der Waals surface area contributed by atoms with Gasteiger partial charge in [-0.05, 0) is 37.1 Å². The molecule has 0 saturated heterocycles. The Balaban J connectivity index is 0.00000364. The van der Waals surface area contributed by atoms with Crippen molar-refractivity contribution in [3.05, 3.63) is 47.8 Å². The number of guanidine groups is 1. The Hall–Kier alpha value is -2.30. The van der Waals surface area contributed by atoms with Crippen LogP contribution < -0.4 is 21.1 Å². The van der Waals surface area contributed by atoms with Gasteiger partial charge in [-0.15, -0.1) is 24.0 Å². The number of primary amides is 1. The quantitative estimate of drug-likeness (QED) is 0.281. The molecule has 2 rings (SSSR count). The van der Waals surface area contributed by atoms with Crippen molar-refractivity contribution >= 4 is 35.8 Å². The third kappa shape index (κ3) is 8.29. The van der Waals surface area contributed by atoms with E-state index in [1.54, 1.807) is 6.20 Å². The lowest BCUT2D eigenvalue weighted by molar-refractivity contribution is -0.119. The maximum Gasteiger partial charge on any atom is 0.255 e.